The van der Waals surface area contributed by atoms with Crippen LogP contribution >= 0.6 is 15.9 Å². The predicted octanol–water partition coefficient (Wildman–Crippen LogP) is 3.80. The van der Waals surface area contributed by atoms with Gasteiger partial charge in [0.1, 0.15) is 0 Å². The molecule has 0 amide bonds. The number of hydrogen-bond acceptors (Lipinski definition) is 2. The lowest BCUT2D eigenvalue weighted by Gasteiger charge is -2.31. The number of hydrogen-bond donors (Lipinski definition) is 1. The van der Waals surface area contributed by atoms with Crippen molar-refractivity contribution in [2.24, 2.45) is 11.3 Å². The second-order valence-corrected chi connectivity index (χ2v) is 7.07. The van der Waals surface area contributed by atoms with Gasteiger partial charge in [-0.2, -0.15) is 0 Å². The molecular weight excluding hydrogens is 288 g/mol. The second-order valence-electron chi connectivity index (χ2n) is 6.15. The van der Waals surface area contributed by atoms with E-state index in [-0.39, 0.29) is 0 Å². The first-order chi connectivity index (χ1) is 8.49. The van der Waals surface area contributed by atoms with Crippen molar-refractivity contribution < 1.29 is 0 Å². The zero-order valence-electron chi connectivity index (χ0n) is 11.5. The van der Waals surface area contributed by atoms with E-state index in [1.54, 1.807) is 0 Å². The third-order valence-corrected chi connectivity index (χ3v) is 4.28. The van der Waals surface area contributed by atoms with Crippen LogP contribution < -0.4 is 5.32 Å². The summed E-state index contributed by atoms with van der Waals surface area (Å²) in [6.07, 6.45) is 7.74. The van der Waals surface area contributed by atoms with E-state index in [4.69, 9.17) is 0 Å². The van der Waals surface area contributed by atoms with Crippen molar-refractivity contribution in [3.63, 3.8) is 0 Å². The fourth-order valence-corrected chi connectivity index (χ4v) is 3.00. The quantitative estimate of drug-likeness (QED) is 0.864. The highest BCUT2D eigenvalue weighted by molar-refractivity contribution is 9.10. The van der Waals surface area contributed by atoms with Gasteiger partial charge in [0.05, 0.1) is 0 Å². The van der Waals surface area contributed by atoms with Gasteiger partial charge in [0.25, 0.3) is 0 Å². The first-order valence-corrected chi connectivity index (χ1v) is 7.62. The van der Waals surface area contributed by atoms with Crippen LogP contribution in [0.3, 0.4) is 0 Å². The van der Waals surface area contributed by atoms with Crippen LogP contribution in [0, 0.1) is 11.3 Å². The summed E-state index contributed by atoms with van der Waals surface area (Å²) in [5.41, 5.74) is 1.71. The van der Waals surface area contributed by atoms with E-state index < -0.39 is 0 Å². The summed E-state index contributed by atoms with van der Waals surface area (Å²) in [5.74, 6) is 0.878. The van der Waals surface area contributed by atoms with Gasteiger partial charge < -0.3 is 5.32 Å². The summed E-state index contributed by atoms with van der Waals surface area (Å²) < 4.78 is 1.08. The number of nitrogens with one attached hydrogen (secondary N) is 1. The molecule has 1 aliphatic carbocycles. The van der Waals surface area contributed by atoms with Crippen LogP contribution in [0.1, 0.15) is 39.2 Å². The van der Waals surface area contributed by atoms with E-state index in [1.165, 1.54) is 18.4 Å². The minimum atomic E-state index is 0.368. The highest BCUT2D eigenvalue weighted by Gasteiger charge is 2.41. The van der Waals surface area contributed by atoms with Crippen molar-refractivity contribution in [1.29, 1.82) is 0 Å². The van der Waals surface area contributed by atoms with E-state index in [2.05, 4.69) is 53.1 Å². The van der Waals surface area contributed by atoms with Gasteiger partial charge in [0.15, 0.2) is 0 Å². The van der Waals surface area contributed by atoms with Gasteiger partial charge in [0, 0.05) is 29.5 Å². The Kier molecular flexibility index (Phi) is 4.44. The molecule has 0 spiro atoms. The van der Waals surface area contributed by atoms with Gasteiger partial charge in [-0.1, -0.05) is 20.8 Å². The molecule has 1 aliphatic rings. The van der Waals surface area contributed by atoms with Crippen molar-refractivity contribution in [2.45, 2.75) is 46.1 Å². The lowest BCUT2D eigenvalue weighted by atomic mass is 9.79. The third kappa shape index (κ3) is 3.79. The van der Waals surface area contributed by atoms with Gasteiger partial charge in [-0.3, -0.25) is 4.98 Å². The molecule has 1 N–H and O–H groups in total. The summed E-state index contributed by atoms with van der Waals surface area (Å²) in [6, 6.07) is 2.76. The van der Waals surface area contributed by atoms with E-state index in [0.29, 0.717) is 11.5 Å². The highest BCUT2D eigenvalue weighted by atomic mass is 79.9. The first kappa shape index (κ1) is 14.0. The number of rotatable bonds is 6. The monoisotopic (exact) mass is 310 g/mol. The largest absolute Gasteiger partial charge is 0.314 e. The molecular formula is C15H23BrN2. The van der Waals surface area contributed by atoms with Crippen molar-refractivity contribution >= 4 is 15.9 Å². The molecule has 1 aromatic rings. The summed E-state index contributed by atoms with van der Waals surface area (Å²) >= 11 is 3.51. The predicted molar refractivity (Wildman–Crippen MR) is 79.6 cm³/mol. The zero-order chi connectivity index (χ0) is 13.2. The number of aromatic nitrogens is 1. The topological polar surface area (TPSA) is 24.9 Å². The maximum atomic E-state index is 4.28. The van der Waals surface area contributed by atoms with Gasteiger partial charge in [-0.25, -0.2) is 0 Å². The van der Waals surface area contributed by atoms with Crippen LogP contribution in [0.4, 0.5) is 0 Å². The Morgan fingerprint density at radius 1 is 1.44 bits per heavy atom. The van der Waals surface area contributed by atoms with E-state index in [0.717, 1.165) is 23.4 Å². The van der Waals surface area contributed by atoms with Crippen molar-refractivity contribution in [3.8, 4) is 0 Å². The average Bonchev–Trinajstić information content (AvgIpc) is 3.10. The van der Waals surface area contributed by atoms with Crippen molar-refractivity contribution in [3.05, 3.63) is 28.5 Å². The number of pyridine rings is 1. The molecule has 1 fully saturated rings. The first-order valence-electron chi connectivity index (χ1n) is 6.82. The Balaban J connectivity index is 2.05. The standard InChI is InChI=1S/C15H23BrN2/c1-11(2)18-10-15(3,13-4-5-13)7-12-6-14(16)9-17-8-12/h6,8-9,11,13,18H,4-5,7,10H2,1-3H3. The zero-order valence-corrected chi connectivity index (χ0v) is 13.1. The van der Waals surface area contributed by atoms with E-state index in [9.17, 15) is 0 Å². The van der Waals surface area contributed by atoms with Crippen molar-refractivity contribution in [2.75, 3.05) is 6.54 Å². The second kappa shape index (κ2) is 5.70. The van der Waals surface area contributed by atoms with Gasteiger partial charge >= 0.3 is 0 Å². The Morgan fingerprint density at radius 2 is 2.17 bits per heavy atom. The van der Waals surface area contributed by atoms with E-state index in [1.807, 2.05) is 12.4 Å². The number of nitrogens with zero attached hydrogens (tertiary/aromatic N) is 1. The Bertz CT molecular complexity index is 401. The van der Waals surface area contributed by atoms with E-state index >= 15 is 0 Å². The molecule has 1 unspecified atom stereocenters. The molecule has 0 aromatic carbocycles. The summed E-state index contributed by atoms with van der Waals surface area (Å²) in [7, 11) is 0. The van der Waals surface area contributed by atoms with Crippen LogP contribution in [-0.4, -0.2) is 17.6 Å². The van der Waals surface area contributed by atoms with Gasteiger partial charge in [-0.15, -0.1) is 0 Å². The van der Waals surface area contributed by atoms with Crippen molar-refractivity contribution in [1.82, 2.24) is 10.3 Å². The molecule has 0 saturated heterocycles. The number of halogens is 1. The summed E-state index contributed by atoms with van der Waals surface area (Å²) in [5, 5.41) is 3.61. The molecule has 3 heteroatoms. The Hall–Kier alpha value is -0.410. The summed E-state index contributed by atoms with van der Waals surface area (Å²) in [4.78, 5) is 4.28. The minimum Gasteiger partial charge on any atom is -0.314 e. The molecule has 100 valence electrons. The molecule has 2 rings (SSSR count). The normalized spacial score (nSPS) is 18.9. The smallest absolute Gasteiger partial charge is 0.0410 e. The molecule has 1 heterocycles. The molecule has 18 heavy (non-hydrogen) atoms. The lowest BCUT2D eigenvalue weighted by Crippen LogP contribution is -2.38. The molecule has 0 aliphatic heterocycles. The Morgan fingerprint density at radius 3 is 2.72 bits per heavy atom. The fraction of sp³-hybridized carbons (Fsp3) is 0.667. The third-order valence-electron chi connectivity index (χ3n) is 3.85. The van der Waals surface area contributed by atoms with Crippen LogP contribution in [-0.2, 0) is 6.42 Å². The molecule has 1 aromatic heterocycles. The molecule has 2 nitrogen and oxygen atoms in total. The maximum Gasteiger partial charge on any atom is 0.0410 e. The highest BCUT2D eigenvalue weighted by Crippen LogP contribution is 2.47. The maximum absolute atomic E-state index is 4.28. The minimum absolute atomic E-state index is 0.368. The van der Waals surface area contributed by atoms with Crippen LogP contribution in [0.15, 0.2) is 22.9 Å². The van der Waals surface area contributed by atoms with Gasteiger partial charge in [0.2, 0.25) is 0 Å². The molecule has 0 radical (unpaired) electrons. The fourth-order valence-electron chi connectivity index (χ4n) is 2.59. The summed E-state index contributed by atoms with van der Waals surface area (Å²) in [6.45, 7) is 7.95. The molecule has 1 atom stereocenters. The molecule has 0 bridgehead atoms. The molecule has 1 saturated carbocycles. The van der Waals surface area contributed by atoms with Crippen LogP contribution in [0.5, 0.6) is 0 Å². The SMILES string of the molecule is CC(C)NCC(C)(Cc1cncc(Br)c1)C1CC1. The van der Waals surface area contributed by atoms with Gasteiger partial charge in [-0.05, 0) is 58.2 Å². The van der Waals surface area contributed by atoms with Crippen LogP contribution in [0.2, 0.25) is 0 Å². The average molecular weight is 311 g/mol. The lowest BCUT2D eigenvalue weighted by molar-refractivity contribution is 0.248. The Labute approximate surface area is 119 Å². The van der Waals surface area contributed by atoms with Crippen LogP contribution in [0.25, 0.3) is 0 Å².